The standard InChI is InChI=1S/C19H20N4O2/c1-12(2)13-7-9-14(10-8-13)17(24)11-20-19(25)18-21-15-5-3-4-6-16(15)22-23-18/h3-10,12,17,24H,11H2,1-2H3,(H,20,25). The molecular weight excluding hydrogens is 316 g/mol. The van der Waals surface area contributed by atoms with Crippen LogP contribution < -0.4 is 5.32 Å². The fourth-order valence-corrected chi connectivity index (χ4v) is 2.47. The number of aliphatic hydroxyl groups is 1. The number of nitrogens with one attached hydrogen (secondary N) is 1. The predicted octanol–water partition coefficient (Wildman–Crippen LogP) is 2.61. The molecular formula is C19H20N4O2. The zero-order valence-corrected chi connectivity index (χ0v) is 14.2. The lowest BCUT2D eigenvalue weighted by atomic mass is 10.00. The lowest BCUT2D eigenvalue weighted by Crippen LogP contribution is -2.30. The molecule has 1 unspecified atom stereocenters. The van der Waals surface area contributed by atoms with E-state index in [-0.39, 0.29) is 12.4 Å². The molecule has 25 heavy (non-hydrogen) atoms. The highest BCUT2D eigenvalue weighted by Gasteiger charge is 2.14. The molecule has 0 radical (unpaired) electrons. The fraction of sp³-hybridized carbons (Fsp3) is 0.263. The van der Waals surface area contributed by atoms with Gasteiger partial charge in [0, 0.05) is 6.54 Å². The van der Waals surface area contributed by atoms with Crippen LogP contribution in [0.1, 0.15) is 47.6 Å². The maximum Gasteiger partial charge on any atom is 0.291 e. The van der Waals surface area contributed by atoms with Crippen LogP contribution in [0.25, 0.3) is 11.0 Å². The maximum absolute atomic E-state index is 12.2. The van der Waals surface area contributed by atoms with E-state index >= 15 is 0 Å². The van der Waals surface area contributed by atoms with Gasteiger partial charge in [-0.15, -0.1) is 10.2 Å². The lowest BCUT2D eigenvalue weighted by Gasteiger charge is -2.13. The minimum Gasteiger partial charge on any atom is -0.387 e. The summed E-state index contributed by atoms with van der Waals surface area (Å²) in [6, 6.07) is 14.9. The van der Waals surface area contributed by atoms with E-state index in [2.05, 4.69) is 34.3 Å². The number of hydrogen-bond acceptors (Lipinski definition) is 5. The number of nitrogens with zero attached hydrogens (tertiary/aromatic N) is 3. The summed E-state index contributed by atoms with van der Waals surface area (Å²) < 4.78 is 0. The van der Waals surface area contributed by atoms with Crippen LogP contribution in [-0.2, 0) is 0 Å². The van der Waals surface area contributed by atoms with Crippen molar-refractivity contribution in [3.8, 4) is 0 Å². The second-order valence-electron chi connectivity index (χ2n) is 6.17. The molecule has 3 aromatic rings. The van der Waals surface area contributed by atoms with Gasteiger partial charge in [0.15, 0.2) is 0 Å². The second kappa shape index (κ2) is 7.36. The van der Waals surface area contributed by atoms with Crippen molar-refractivity contribution in [2.45, 2.75) is 25.9 Å². The number of benzene rings is 2. The Bertz CT molecular complexity index is 878. The van der Waals surface area contributed by atoms with Gasteiger partial charge >= 0.3 is 0 Å². The first-order chi connectivity index (χ1) is 12.0. The van der Waals surface area contributed by atoms with Gasteiger partial charge in [0.25, 0.3) is 5.91 Å². The first-order valence-corrected chi connectivity index (χ1v) is 8.20. The smallest absolute Gasteiger partial charge is 0.291 e. The number of carbonyl (C=O) groups is 1. The third kappa shape index (κ3) is 3.97. The van der Waals surface area contributed by atoms with Crippen molar-refractivity contribution in [3.05, 3.63) is 65.5 Å². The first-order valence-electron chi connectivity index (χ1n) is 8.20. The summed E-state index contributed by atoms with van der Waals surface area (Å²) in [5.41, 5.74) is 3.19. The summed E-state index contributed by atoms with van der Waals surface area (Å²) in [5.74, 6) is -0.0411. The van der Waals surface area contributed by atoms with Gasteiger partial charge in [-0.05, 0) is 29.2 Å². The van der Waals surface area contributed by atoms with Gasteiger partial charge in [0.2, 0.25) is 5.82 Å². The zero-order chi connectivity index (χ0) is 17.8. The van der Waals surface area contributed by atoms with Crippen molar-refractivity contribution in [2.24, 2.45) is 0 Å². The number of fused-ring (bicyclic) bond motifs is 1. The highest BCUT2D eigenvalue weighted by atomic mass is 16.3. The van der Waals surface area contributed by atoms with E-state index in [1.807, 2.05) is 36.4 Å². The van der Waals surface area contributed by atoms with Gasteiger partial charge < -0.3 is 10.4 Å². The Kier molecular flexibility index (Phi) is 5.00. The van der Waals surface area contributed by atoms with Crippen LogP contribution >= 0.6 is 0 Å². The van der Waals surface area contributed by atoms with Crippen molar-refractivity contribution in [3.63, 3.8) is 0 Å². The lowest BCUT2D eigenvalue weighted by molar-refractivity contribution is 0.0905. The van der Waals surface area contributed by atoms with E-state index in [1.165, 1.54) is 5.56 Å². The van der Waals surface area contributed by atoms with Crippen molar-refractivity contribution >= 4 is 16.9 Å². The predicted molar refractivity (Wildman–Crippen MR) is 95.2 cm³/mol. The third-order valence-corrected chi connectivity index (χ3v) is 4.01. The van der Waals surface area contributed by atoms with Gasteiger partial charge in [-0.2, -0.15) is 0 Å². The molecule has 0 spiro atoms. The second-order valence-corrected chi connectivity index (χ2v) is 6.17. The Morgan fingerprint density at radius 2 is 1.64 bits per heavy atom. The SMILES string of the molecule is CC(C)c1ccc(C(O)CNC(=O)c2nnc3ccccc3n2)cc1. The van der Waals surface area contributed by atoms with E-state index in [1.54, 1.807) is 12.1 Å². The summed E-state index contributed by atoms with van der Waals surface area (Å²) in [5, 5.41) is 20.7. The van der Waals surface area contributed by atoms with Gasteiger partial charge in [0.05, 0.1) is 11.6 Å². The fourth-order valence-electron chi connectivity index (χ4n) is 2.47. The molecule has 0 aliphatic heterocycles. The molecule has 0 fully saturated rings. The molecule has 1 aromatic heterocycles. The van der Waals surface area contributed by atoms with E-state index in [9.17, 15) is 9.90 Å². The quantitative estimate of drug-likeness (QED) is 0.748. The van der Waals surface area contributed by atoms with Crippen molar-refractivity contribution in [1.29, 1.82) is 0 Å². The van der Waals surface area contributed by atoms with Crippen molar-refractivity contribution in [2.75, 3.05) is 6.54 Å². The van der Waals surface area contributed by atoms with Gasteiger partial charge in [-0.25, -0.2) is 4.98 Å². The molecule has 1 amide bonds. The molecule has 6 heteroatoms. The van der Waals surface area contributed by atoms with Crippen molar-refractivity contribution in [1.82, 2.24) is 20.5 Å². The van der Waals surface area contributed by atoms with Crippen LogP contribution in [0.5, 0.6) is 0 Å². The molecule has 0 aliphatic rings. The molecule has 2 N–H and O–H groups in total. The Labute approximate surface area is 145 Å². The summed E-state index contributed by atoms with van der Waals surface area (Å²) in [6.07, 6.45) is -0.793. The van der Waals surface area contributed by atoms with Crippen LogP contribution in [-0.4, -0.2) is 32.7 Å². The maximum atomic E-state index is 12.2. The normalized spacial score (nSPS) is 12.3. The summed E-state index contributed by atoms with van der Waals surface area (Å²) in [7, 11) is 0. The largest absolute Gasteiger partial charge is 0.387 e. The monoisotopic (exact) mass is 336 g/mol. The molecule has 128 valence electrons. The van der Waals surface area contributed by atoms with Gasteiger partial charge in [0.1, 0.15) is 5.52 Å². The minimum absolute atomic E-state index is 0.0129. The molecule has 6 nitrogen and oxygen atoms in total. The Balaban J connectivity index is 1.64. The Morgan fingerprint density at radius 3 is 2.32 bits per heavy atom. The molecule has 3 rings (SSSR count). The topological polar surface area (TPSA) is 88.0 Å². The van der Waals surface area contributed by atoms with E-state index < -0.39 is 12.0 Å². The molecule has 1 heterocycles. The molecule has 0 saturated heterocycles. The highest BCUT2D eigenvalue weighted by molar-refractivity contribution is 5.91. The van der Waals surface area contributed by atoms with E-state index in [0.717, 1.165) is 5.56 Å². The molecule has 2 aromatic carbocycles. The number of amides is 1. The van der Waals surface area contributed by atoms with Crippen LogP contribution in [0.4, 0.5) is 0 Å². The zero-order valence-electron chi connectivity index (χ0n) is 14.2. The van der Waals surface area contributed by atoms with Crippen molar-refractivity contribution < 1.29 is 9.90 Å². The number of hydrogen-bond donors (Lipinski definition) is 2. The third-order valence-electron chi connectivity index (χ3n) is 4.01. The average molecular weight is 336 g/mol. The molecule has 0 saturated carbocycles. The number of rotatable bonds is 5. The van der Waals surface area contributed by atoms with E-state index in [4.69, 9.17) is 0 Å². The average Bonchev–Trinajstić information content (AvgIpc) is 2.65. The first kappa shape index (κ1) is 17.0. The van der Waals surface area contributed by atoms with Gasteiger partial charge in [-0.1, -0.05) is 50.2 Å². The molecule has 0 bridgehead atoms. The van der Waals surface area contributed by atoms with Crippen LogP contribution in [0.15, 0.2) is 48.5 Å². The Hall–Kier alpha value is -2.86. The summed E-state index contributed by atoms with van der Waals surface area (Å²) >= 11 is 0. The highest BCUT2D eigenvalue weighted by Crippen LogP contribution is 2.18. The van der Waals surface area contributed by atoms with Crippen LogP contribution in [0.2, 0.25) is 0 Å². The van der Waals surface area contributed by atoms with Gasteiger partial charge in [-0.3, -0.25) is 4.79 Å². The van der Waals surface area contributed by atoms with Crippen LogP contribution in [0, 0.1) is 0 Å². The van der Waals surface area contributed by atoms with E-state index in [0.29, 0.717) is 17.0 Å². The molecule has 1 atom stereocenters. The number of aromatic nitrogens is 3. The summed E-state index contributed by atoms with van der Waals surface area (Å²) in [4.78, 5) is 16.4. The number of para-hydroxylation sites is 1. The number of aliphatic hydroxyl groups excluding tert-OH is 1. The van der Waals surface area contributed by atoms with Crippen LogP contribution in [0.3, 0.4) is 0 Å². The Morgan fingerprint density at radius 1 is 1.00 bits per heavy atom. The minimum atomic E-state index is -0.793. The number of carbonyl (C=O) groups excluding carboxylic acids is 1. The summed E-state index contributed by atoms with van der Waals surface area (Å²) in [6.45, 7) is 4.31. The molecule has 0 aliphatic carbocycles.